The van der Waals surface area contributed by atoms with E-state index in [0.717, 1.165) is 19.3 Å². The topological polar surface area (TPSA) is 65.0 Å². The fourth-order valence-electron chi connectivity index (χ4n) is 3.87. The first-order chi connectivity index (χ1) is 16.1. The minimum absolute atomic E-state index is 0.0156. The Morgan fingerprint density at radius 3 is 1.52 bits per heavy atom. The molecule has 192 valence electrons. The monoisotopic (exact) mass is 484 g/mol. The lowest BCUT2D eigenvalue weighted by Gasteiger charge is -2.12. The number of unbranched alkanes of at least 4 members (excludes halogenated alkanes) is 16. The zero-order chi connectivity index (χ0) is 23.9. The quantitative estimate of drug-likeness (QED) is 0.117. The van der Waals surface area contributed by atoms with Crippen molar-refractivity contribution < 1.29 is 23.2 Å². The van der Waals surface area contributed by atoms with Crippen LogP contribution in [0.2, 0.25) is 0 Å². The summed E-state index contributed by atoms with van der Waals surface area (Å²) in [4.78, 5) is 9.70. The molecule has 0 radical (unpaired) electrons. The van der Waals surface area contributed by atoms with Gasteiger partial charge < -0.3 is 9.63 Å². The van der Waals surface area contributed by atoms with Gasteiger partial charge in [-0.2, -0.15) is 0 Å². The average molecular weight is 485 g/mol. The lowest BCUT2D eigenvalue weighted by Crippen LogP contribution is -2.07. The number of benzene rings is 1. The molecule has 0 spiro atoms. The van der Waals surface area contributed by atoms with Crippen molar-refractivity contribution in [2.24, 2.45) is 0 Å². The molecule has 0 fully saturated rings. The Balaban J connectivity index is 1.79. The summed E-state index contributed by atoms with van der Waals surface area (Å²) in [6.45, 7) is 2.75. The van der Waals surface area contributed by atoms with Crippen LogP contribution < -0.4 is 4.74 Å². The summed E-state index contributed by atoms with van der Waals surface area (Å²) in [5.41, 5.74) is 0. The van der Waals surface area contributed by atoms with Gasteiger partial charge in [0.1, 0.15) is 12.4 Å². The Morgan fingerprint density at radius 2 is 1.03 bits per heavy atom. The van der Waals surface area contributed by atoms with Gasteiger partial charge >= 0.3 is 7.82 Å². The summed E-state index contributed by atoms with van der Waals surface area (Å²) in [7, 11) is -3.99. The normalized spacial score (nSPS) is 13.2. The molecular formula is C27H49O5P. The van der Waals surface area contributed by atoms with Crippen LogP contribution in [-0.4, -0.2) is 24.7 Å². The van der Waals surface area contributed by atoms with E-state index in [2.05, 4.69) is 6.92 Å². The molecule has 0 heterocycles. The van der Waals surface area contributed by atoms with Crippen LogP contribution in [0, 0.1) is 0 Å². The van der Waals surface area contributed by atoms with Crippen LogP contribution in [0.3, 0.4) is 0 Å². The van der Waals surface area contributed by atoms with Gasteiger partial charge in [-0.25, -0.2) is 4.57 Å². The maximum atomic E-state index is 11.9. The van der Waals surface area contributed by atoms with Gasteiger partial charge in [0.2, 0.25) is 0 Å². The lowest BCUT2D eigenvalue weighted by molar-refractivity contribution is 0.127. The summed E-state index contributed by atoms with van der Waals surface area (Å²) >= 11 is 0. The number of hydrogen-bond donors (Lipinski definition) is 1. The highest BCUT2D eigenvalue weighted by Crippen LogP contribution is 2.43. The molecule has 0 aliphatic carbocycles. The zero-order valence-corrected chi connectivity index (χ0v) is 22.0. The molecule has 0 aliphatic heterocycles. The van der Waals surface area contributed by atoms with E-state index in [4.69, 9.17) is 13.8 Å². The second-order valence-corrected chi connectivity index (χ2v) is 10.4. The van der Waals surface area contributed by atoms with E-state index < -0.39 is 7.82 Å². The first kappa shape index (κ1) is 30.2. The van der Waals surface area contributed by atoms with Crippen molar-refractivity contribution in [2.45, 2.75) is 116 Å². The molecule has 1 rings (SSSR count). The number of phosphoric ester groups is 1. The fourth-order valence-corrected chi connectivity index (χ4v) is 4.61. The summed E-state index contributed by atoms with van der Waals surface area (Å²) in [5.74, 6) is 0.707. The predicted octanol–water partition coefficient (Wildman–Crippen LogP) is 8.85. The first-order valence-electron chi connectivity index (χ1n) is 13.4. The molecule has 6 heteroatoms. The zero-order valence-electron chi connectivity index (χ0n) is 21.1. The number of hydrogen-bond acceptors (Lipinski definition) is 4. The van der Waals surface area contributed by atoms with Crippen molar-refractivity contribution in [3.8, 4) is 5.75 Å². The lowest BCUT2D eigenvalue weighted by atomic mass is 10.0. The molecule has 1 aromatic carbocycles. The minimum atomic E-state index is -3.99. The van der Waals surface area contributed by atoms with Crippen LogP contribution in [-0.2, 0) is 13.6 Å². The van der Waals surface area contributed by atoms with Gasteiger partial charge in [0.05, 0.1) is 13.2 Å². The highest BCUT2D eigenvalue weighted by atomic mass is 31.2. The van der Waals surface area contributed by atoms with Gasteiger partial charge in [0.15, 0.2) is 0 Å². The van der Waals surface area contributed by atoms with Crippen molar-refractivity contribution in [3.05, 3.63) is 30.3 Å². The molecule has 0 aliphatic rings. The number of ether oxygens (including phenoxy) is 1. The first-order valence-corrected chi connectivity index (χ1v) is 14.9. The van der Waals surface area contributed by atoms with Crippen LogP contribution in [0.4, 0.5) is 0 Å². The Morgan fingerprint density at radius 1 is 0.606 bits per heavy atom. The predicted molar refractivity (Wildman–Crippen MR) is 138 cm³/mol. The van der Waals surface area contributed by atoms with E-state index in [1.807, 2.05) is 30.3 Å². The van der Waals surface area contributed by atoms with Crippen LogP contribution in [0.25, 0.3) is 0 Å². The second kappa shape index (κ2) is 21.6. The SMILES string of the molecule is CCCCCCCCCCCCCCCCCCCOP(=O)(O)OCCOc1ccccc1. The molecule has 1 unspecified atom stereocenters. The van der Waals surface area contributed by atoms with Crippen LogP contribution in [0.15, 0.2) is 30.3 Å². The van der Waals surface area contributed by atoms with Gasteiger partial charge in [-0.1, -0.05) is 128 Å². The highest BCUT2D eigenvalue weighted by molar-refractivity contribution is 7.47. The number of phosphoric acid groups is 1. The Kier molecular flexibility index (Phi) is 19.8. The molecule has 33 heavy (non-hydrogen) atoms. The number of para-hydroxylation sites is 1. The smallest absolute Gasteiger partial charge is 0.472 e. The van der Waals surface area contributed by atoms with Crippen molar-refractivity contribution in [3.63, 3.8) is 0 Å². The minimum Gasteiger partial charge on any atom is -0.491 e. The van der Waals surface area contributed by atoms with Gasteiger partial charge in [-0.15, -0.1) is 0 Å². The molecule has 0 amide bonds. The maximum Gasteiger partial charge on any atom is 0.472 e. The Labute approximate surface area is 203 Å². The third-order valence-electron chi connectivity index (χ3n) is 5.85. The standard InChI is InChI=1S/C27H49O5P/c1-2-3-4-5-6-7-8-9-10-11-12-13-14-15-16-17-21-24-31-33(28,29)32-26-25-30-27-22-19-18-20-23-27/h18-20,22-23H,2-17,21,24-26H2,1H3,(H,28,29). The number of rotatable bonds is 24. The summed E-state index contributed by atoms with van der Waals surface area (Å²) in [6, 6.07) is 9.29. The molecule has 1 atom stereocenters. The summed E-state index contributed by atoms with van der Waals surface area (Å²) in [6.07, 6.45) is 22.2. The van der Waals surface area contributed by atoms with Crippen LogP contribution >= 0.6 is 7.82 Å². The highest BCUT2D eigenvalue weighted by Gasteiger charge is 2.20. The van der Waals surface area contributed by atoms with E-state index >= 15 is 0 Å². The maximum absolute atomic E-state index is 11.9. The third kappa shape index (κ3) is 20.2. The van der Waals surface area contributed by atoms with E-state index in [-0.39, 0.29) is 19.8 Å². The Bertz CT molecular complexity index is 581. The van der Waals surface area contributed by atoms with Gasteiger partial charge in [-0.3, -0.25) is 9.05 Å². The second-order valence-electron chi connectivity index (χ2n) is 8.95. The third-order valence-corrected chi connectivity index (χ3v) is 6.87. The van der Waals surface area contributed by atoms with Crippen molar-refractivity contribution in [1.82, 2.24) is 0 Å². The fraction of sp³-hybridized carbons (Fsp3) is 0.778. The molecule has 5 nitrogen and oxygen atoms in total. The summed E-state index contributed by atoms with van der Waals surface area (Å²) < 4.78 is 27.3. The van der Waals surface area contributed by atoms with Crippen LogP contribution in [0.1, 0.15) is 116 Å². The van der Waals surface area contributed by atoms with Crippen molar-refractivity contribution >= 4 is 7.82 Å². The van der Waals surface area contributed by atoms with E-state index in [1.165, 1.54) is 89.9 Å². The van der Waals surface area contributed by atoms with Crippen molar-refractivity contribution in [2.75, 3.05) is 19.8 Å². The Hall–Kier alpha value is -0.870. The van der Waals surface area contributed by atoms with Crippen LogP contribution in [0.5, 0.6) is 5.75 Å². The van der Waals surface area contributed by atoms with Gasteiger partial charge in [-0.05, 0) is 18.6 Å². The summed E-state index contributed by atoms with van der Waals surface area (Å²) in [5, 5.41) is 0. The van der Waals surface area contributed by atoms with Crippen molar-refractivity contribution in [1.29, 1.82) is 0 Å². The molecule has 0 saturated carbocycles. The van der Waals surface area contributed by atoms with E-state index in [0.29, 0.717) is 5.75 Å². The van der Waals surface area contributed by atoms with Gasteiger partial charge in [0, 0.05) is 0 Å². The largest absolute Gasteiger partial charge is 0.491 e. The molecule has 0 saturated heterocycles. The van der Waals surface area contributed by atoms with E-state index in [9.17, 15) is 9.46 Å². The molecular weight excluding hydrogens is 435 g/mol. The molecule has 1 N–H and O–H groups in total. The van der Waals surface area contributed by atoms with Gasteiger partial charge in [0.25, 0.3) is 0 Å². The molecule has 0 aromatic heterocycles. The van der Waals surface area contributed by atoms with E-state index in [1.54, 1.807) is 0 Å². The molecule has 0 bridgehead atoms. The molecule has 1 aromatic rings. The average Bonchev–Trinajstić information content (AvgIpc) is 2.82.